The molecule has 5 aliphatic rings. The first-order valence-electron chi connectivity index (χ1n) is 15.8. The summed E-state index contributed by atoms with van der Waals surface area (Å²) in [7, 11) is 1.51. The predicted octanol–water partition coefficient (Wildman–Crippen LogP) is 4.37. The summed E-state index contributed by atoms with van der Waals surface area (Å²) in [5.74, 6) is 1.80. The molecule has 228 valence electrons. The average molecular weight is 563 g/mol. The number of aliphatic hydroxyl groups excluding tert-OH is 4. The third-order valence-electron chi connectivity index (χ3n) is 11.9. The molecule has 2 saturated carbocycles. The lowest BCUT2D eigenvalue weighted by Gasteiger charge is -2.54. The van der Waals surface area contributed by atoms with E-state index in [4.69, 9.17) is 14.2 Å². The van der Waals surface area contributed by atoms with Gasteiger partial charge in [0.1, 0.15) is 18.3 Å². The SMILES string of the molecule is CO[C@H]1[C@H](O[C@H]2CC[C@]3(C)C4=CC[C@@]5(C)C(C4=CCC3C2)[C@H](O)C[C@@H]5[C@H](C)CC[C@H](O)C(C)C)OC[C@@H](O)[C@@H]1O. The molecule has 0 radical (unpaired) electrons. The van der Waals surface area contributed by atoms with Crippen molar-refractivity contribution in [3.8, 4) is 0 Å². The van der Waals surface area contributed by atoms with Crippen LogP contribution in [0.4, 0.5) is 0 Å². The highest BCUT2D eigenvalue weighted by Crippen LogP contribution is 2.65. The molecule has 1 aliphatic heterocycles. The normalized spacial score (nSPS) is 46.6. The van der Waals surface area contributed by atoms with Crippen LogP contribution in [0.15, 0.2) is 23.3 Å². The second kappa shape index (κ2) is 11.7. The van der Waals surface area contributed by atoms with E-state index in [0.29, 0.717) is 17.8 Å². The molecular weight excluding hydrogens is 508 g/mol. The van der Waals surface area contributed by atoms with Crippen LogP contribution in [0.3, 0.4) is 0 Å². The lowest BCUT2D eigenvalue weighted by atomic mass is 9.51. The van der Waals surface area contributed by atoms with Crippen molar-refractivity contribution in [3.05, 3.63) is 23.3 Å². The van der Waals surface area contributed by atoms with E-state index in [-0.39, 0.29) is 47.6 Å². The highest BCUT2D eigenvalue weighted by molar-refractivity contribution is 5.47. The average Bonchev–Trinajstić information content (AvgIpc) is 3.20. The summed E-state index contributed by atoms with van der Waals surface area (Å²) < 4.78 is 17.5. The van der Waals surface area contributed by atoms with Gasteiger partial charge in [-0.1, -0.05) is 46.8 Å². The van der Waals surface area contributed by atoms with Crippen LogP contribution < -0.4 is 0 Å². The molecule has 2 unspecified atom stereocenters. The zero-order valence-electron chi connectivity index (χ0n) is 25.5. The Labute approximate surface area is 241 Å². The Hall–Kier alpha value is -0.800. The summed E-state index contributed by atoms with van der Waals surface area (Å²) >= 11 is 0. The van der Waals surface area contributed by atoms with Gasteiger partial charge in [-0.15, -0.1) is 0 Å². The maximum atomic E-state index is 11.5. The molecule has 7 nitrogen and oxygen atoms in total. The maximum Gasteiger partial charge on any atom is 0.186 e. The molecule has 4 aliphatic carbocycles. The minimum atomic E-state index is -1.02. The summed E-state index contributed by atoms with van der Waals surface area (Å²) in [4.78, 5) is 0. The minimum Gasteiger partial charge on any atom is -0.393 e. The van der Waals surface area contributed by atoms with Crippen LogP contribution in [-0.2, 0) is 14.2 Å². The minimum absolute atomic E-state index is 0.0102. The smallest absolute Gasteiger partial charge is 0.186 e. The number of hydrogen-bond donors (Lipinski definition) is 4. The number of rotatable bonds is 8. The van der Waals surface area contributed by atoms with Gasteiger partial charge in [0, 0.05) is 13.0 Å². The first-order valence-corrected chi connectivity index (χ1v) is 15.8. The van der Waals surface area contributed by atoms with Crippen LogP contribution in [0.1, 0.15) is 86.0 Å². The molecule has 0 spiro atoms. The fraction of sp³-hybridized carbons (Fsp3) is 0.879. The summed E-state index contributed by atoms with van der Waals surface area (Å²) in [5, 5.41) is 42.2. The summed E-state index contributed by atoms with van der Waals surface area (Å²) in [6, 6.07) is 0. The van der Waals surface area contributed by atoms with Crippen LogP contribution >= 0.6 is 0 Å². The van der Waals surface area contributed by atoms with Gasteiger partial charge in [0.25, 0.3) is 0 Å². The fourth-order valence-corrected chi connectivity index (χ4v) is 9.22. The number of aliphatic hydroxyl groups is 4. The number of fused-ring (bicyclic) bond motifs is 5. The first-order chi connectivity index (χ1) is 18.9. The van der Waals surface area contributed by atoms with Gasteiger partial charge in [0.2, 0.25) is 0 Å². The first kappa shape index (κ1) is 30.7. The Kier molecular flexibility index (Phi) is 8.97. The van der Waals surface area contributed by atoms with Crippen molar-refractivity contribution in [1.82, 2.24) is 0 Å². The molecule has 40 heavy (non-hydrogen) atoms. The van der Waals surface area contributed by atoms with Crippen LogP contribution in [0.25, 0.3) is 0 Å². The molecule has 0 aromatic rings. The molecule has 1 saturated heterocycles. The van der Waals surface area contributed by atoms with E-state index in [2.05, 4.69) is 46.8 Å². The summed E-state index contributed by atoms with van der Waals surface area (Å²) in [6.07, 6.45) is 8.46. The number of methoxy groups -OCH3 is 1. The third-order valence-corrected chi connectivity index (χ3v) is 11.9. The van der Waals surface area contributed by atoms with E-state index in [1.165, 1.54) is 18.3 Å². The largest absolute Gasteiger partial charge is 0.393 e. The Morgan fingerprint density at radius 1 is 1.05 bits per heavy atom. The predicted molar refractivity (Wildman–Crippen MR) is 153 cm³/mol. The second-order valence-corrected chi connectivity index (χ2v) is 14.6. The second-order valence-electron chi connectivity index (χ2n) is 14.6. The van der Waals surface area contributed by atoms with Crippen LogP contribution in [0, 0.1) is 40.4 Å². The van der Waals surface area contributed by atoms with Crippen molar-refractivity contribution in [2.24, 2.45) is 40.4 Å². The van der Waals surface area contributed by atoms with Crippen molar-refractivity contribution >= 4 is 0 Å². The van der Waals surface area contributed by atoms with Gasteiger partial charge in [0.05, 0.1) is 24.9 Å². The van der Waals surface area contributed by atoms with Crippen molar-refractivity contribution in [2.75, 3.05) is 13.7 Å². The Bertz CT molecular complexity index is 962. The standard InChI is InChI=1S/C33H54O7/c1-18(2)25(34)10-7-19(3)24-16-26(35)28-22-9-8-20-15-21(40-31-30(38-6)29(37)27(36)17-39-31)11-13-32(20,4)23(22)12-14-33(24,28)5/h9,12,18-21,24-31,34-37H,7-8,10-11,13-17H2,1-6H3/t19-,20?,21+,24-,25+,26-,27-,28?,29+,30-,31+,32+,33-/m1/s1. The van der Waals surface area contributed by atoms with E-state index in [1.807, 2.05) is 0 Å². The Morgan fingerprint density at radius 3 is 2.50 bits per heavy atom. The van der Waals surface area contributed by atoms with Gasteiger partial charge in [-0.25, -0.2) is 0 Å². The summed E-state index contributed by atoms with van der Waals surface area (Å²) in [5.41, 5.74) is 2.94. The van der Waals surface area contributed by atoms with Crippen molar-refractivity contribution in [1.29, 1.82) is 0 Å². The van der Waals surface area contributed by atoms with Crippen molar-refractivity contribution in [3.63, 3.8) is 0 Å². The third kappa shape index (κ3) is 5.27. The molecule has 13 atom stereocenters. The number of allylic oxidation sites excluding steroid dienone is 3. The quantitative estimate of drug-likeness (QED) is 0.348. The molecule has 4 N–H and O–H groups in total. The van der Waals surface area contributed by atoms with E-state index >= 15 is 0 Å². The van der Waals surface area contributed by atoms with E-state index < -0.39 is 24.6 Å². The molecule has 3 fully saturated rings. The molecule has 0 aromatic carbocycles. The highest BCUT2D eigenvalue weighted by Gasteiger charge is 2.58. The van der Waals surface area contributed by atoms with Gasteiger partial charge in [-0.2, -0.15) is 0 Å². The van der Waals surface area contributed by atoms with Crippen LogP contribution in [0.2, 0.25) is 0 Å². The number of hydrogen-bond acceptors (Lipinski definition) is 7. The zero-order chi connectivity index (χ0) is 29.0. The highest BCUT2D eigenvalue weighted by atomic mass is 16.7. The molecule has 0 amide bonds. The van der Waals surface area contributed by atoms with Gasteiger partial charge >= 0.3 is 0 Å². The molecule has 1 heterocycles. The molecular formula is C33H54O7. The molecule has 7 heteroatoms. The van der Waals surface area contributed by atoms with Gasteiger partial charge in [-0.3, -0.25) is 0 Å². The zero-order valence-corrected chi connectivity index (χ0v) is 25.5. The van der Waals surface area contributed by atoms with Crippen molar-refractivity contribution in [2.45, 2.75) is 129 Å². The maximum absolute atomic E-state index is 11.5. The molecule has 5 rings (SSSR count). The number of ether oxygens (including phenoxy) is 3. The lowest BCUT2D eigenvalue weighted by molar-refractivity contribution is -0.292. The summed E-state index contributed by atoms with van der Waals surface area (Å²) in [6.45, 7) is 11.4. The van der Waals surface area contributed by atoms with E-state index in [0.717, 1.165) is 51.4 Å². The lowest BCUT2D eigenvalue weighted by Crippen LogP contribution is -2.56. The van der Waals surface area contributed by atoms with Crippen LogP contribution in [-0.4, -0.2) is 77.1 Å². The Balaban J connectivity index is 1.29. The van der Waals surface area contributed by atoms with Crippen molar-refractivity contribution < 1.29 is 34.6 Å². The van der Waals surface area contributed by atoms with E-state index in [9.17, 15) is 20.4 Å². The van der Waals surface area contributed by atoms with E-state index in [1.54, 1.807) is 0 Å². The van der Waals surface area contributed by atoms with Gasteiger partial charge in [-0.05, 0) is 97.0 Å². The topological polar surface area (TPSA) is 109 Å². The monoisotopic (exact) mass is 562 g/mol. The molecule has 0 aromatic heterocycles. The Morgan fingerprint density at radius 2 is 1.80 bits per heavy atom. The van der Waals surface area contributed by atoms with Crippen LogP contribution in [0.5, 0.6) is 0 Å². The molecule has 0 bridgehead atoms. The van der Waals surface area contributed by atoms with Gasteiger partial charge in [0.15, 0.2) is 6.29 Å². The van der Waals surface area contributed by atoms with Gasteiger partial charge < -0.3 is 34.6 Å². The fourth-order valence-electron chi connectivity index (χ4n) is 9.22.